The summed E-state index contributed by atoms with van der Waals surface area (Å²) in [5.41, 5.74) is 3.17. The van der Waals surface area contributed by atoms with Crippen LogP contribution in [0, 0.1) is 5.82 Å². The Labute approximate surface area is 171 Å². The number of hydrogen-bond donors (Lipinski definition) is 2. The number of nitrogens with zero attached hydrogens (tertiary/aromatic N) is 3. The molecule has 1 saturated heterocycles. The zero-order valence-corrected chi connectivity index (χ0v) is 17.0. The van der Waals surface area contributed by atoms with Gasteiger partial charge in [-0.25, -0.2) is 9.38 Å². The predicted molar refractivity (Wildman–Crippen MR) is 114 cm³/mol. The molecule has 1 aliphatic rings. The van der Waals surface area contributed by atoms with Gasteiger partial charge in [0.2, 0.25) is 5.91 Å². The van der Waals surface area contributed by atoms with Crippen molar-refractivity contribution in [1.29, 1.82) is 0 Å². The molecule has 0 saturated carbocycles. The number of aliphatic imine (C=N–C) groups is 1. The number of nitrogens with one attached hydrogen (secondary N) is 2. The first kappa shape index (κ1) is 20.6. The first-order chi connectivity index (χ1) is 14.0. The fourth-order valence-corrected chi connectivity index (χ4v) is 3.25. The van der Waals surface area contributed by atoms with Gasteiger partial charge < -0.3 is 20.4 Å². The summed E-state index contributed by atoms with van der Waals surface area (Å²) in [6, 6.07) is 14.7. The molecule has 0 bridgehead atoms. The zero-order valence-electron chi connectivity index (χ0n) is 17.0. The van der Waals surface area contributed by atoms with Crippen LogP contribution in [0.4, 0.5) is 10.1 Å². The molecular formula is C22H28FN5O. The molecule has 0 aromatic heterocycles. The van der Waals surface area contributed by atoms with E-state index in [1.54, 1.807) is 12.1 Å². The van der Waals surface area contributed by atoms with Crippen molar-refractivity contribution < 1.29 is 9.18 Å². The van der Waals surface area contributed by atoms with Crippen LogP contribution >= 0.6 is 0 Å². The molecule has 6 nitrogen and oxygen atoms in total. The van der Waals surface area contributed by atoms with E-state index in [1.807, 2.05) is 31.0 Å². The molecule has 1 heterocycles. The number of guanidine groups is 1. The van der Waals surface area contributed by atoms with Gasteiger partial charge in [0, 0.05) is 38.9 Å². The number of anilines is 1. The highest BCUT2D eigenvalue weighted by Gasteiger charge is 2.16. The Hall–Kier alpha value is -3.09. The number of benzene rings is 2. The molecule has 0 spiro atoms. The number of halogens is 1. The van der Waals surface area contributed by atoms with Crippen molar-refractivity contribution in [2.24, 2.45) is 4.99 Å². The summed E-state index contributed by atoms with van der Waals surface area (Å²) in [6.45, 7) is 5.89. The van der Waals surface area contributed by atoms with E-state index < -0.39 is 0 Å². The Kier molecular flexibility index (Phi) is 7.05. The Bertz CT molecular complexity index is 835. The van der Waals surface area contributed by atoms with E-state index in [1.165, 1.54) is 12.1 Å². The van der Waals surface area contributed by atoms with Crippen molar-refractivity contribution in [3.63, 3.8) is 0 Å². The van der Waals surface area contributed by atoms with Crippen LogP contribution in [0.3, 0.4) is 0 Å². The largest absolute Gasteiger partial charge is 0.360 e. The molecule has 1 amide bonds. The second-order valence-corrected chi connectivity index (χ2v) is 7.09. The van der Waals surface area contributed by atoms with Crippen LogP contribution < -0.4 is 15.5 Å². The number of rotatable bonds is 6. The summed E-state index contributed by atoms with van der Waals surface area (Å²) in [5, 5.41) is 6.14. The average molecular weight is 397 g/mol. The Morgan fingerprint density at radius 1 is 1.17 bits per heavy atom. The lowest BCUT2D eigenvalue weighted by molar-refractivity contribution is -0.120. The highest BCUT2D eigenvalue weighted by Crippen LogP contribution is 2.16. The zero-order chi connectivity index (χ0) is 20.6. The fourth-order valence-electron chi connectivity index (χ4n) is 3.25. The summed E-state index contributed by atoms with van der Waals surface area (Å²) in [6.07, 6.45) is 0. The van der Waals surface area contributed by atoms with Gasteiger partial charge in [0.05, 0.1) is 13.1 Å². The quantitative estimate of drug-likeness (QED) is 0.580. The third-order valence-electron chi connectivity index (χ3n) is 4.78. The van der Waals surface area contributed by atoms with Crippen molar-refractivity contribution >= 4 is 17.6 Å². The smallest absolute Gasteiger partial charge is 0.239 e. The second kappa shape index (κ2) is 9.91. The van der Waals surface area contributed by atoms with Gasteiger partial charge in [0.25, 0.3) is 0 Å². The molecule has 0 aliphatic carbocycles. The molecule has 0 radical (unpaired) electrons. The topological polar surface area (TPSA) is 60.0 Å². The predicted octanol–water partition coefficient (Wildman–Crippen LogP) is 2.36. The van der Waals surface area contributed by atoms with Gasteiger partial charge in [-0.15, -0.1) is 0 Å². The maximum Gasteiger partial charge on any atom is 0.239 e. The third-order valence-corrected chi connectivity index (χ3v) is 4.78. The molecule has 1 aliphatic heterocycles. The van der Waals surface area contributed by atoms with E-state index in [2.05, 4.69) is 27.7 Å². The highest BCUT2D eigenvalue weighted by atomic mass is 19.1. The van der Waals surface area contributed by atoms with Crippen molar-refractivity contribution in [2.75, 3.05) is 38.1 Å². The van der Waals surface area contributed by atoms with Gasteiger partial charge in [0.1, 0.15) is 5.82 Å². The van der Waals surface area contributed by atoms with Gasteiger partial charge in [-0.2, -0.15) is 0 Å². The molecule has 154 valence electrons. The van der Waals surface area contributed by atoms with Gasteiger partial charge in [-0.05, 0) is 42.3 Å². The number of piperazine rings is 1. The lowest BCUT2D eigenvalue weighted by atomic mass is 10.2. The maximum absolute atomic E-state index is 13.1. The van der Waals surface area contributed by atoms with E-state index in [-0.39, 0.29) is 11.7 Å². The summed E-state index contributed by atoms with van der Waals surface area (Å²) in [5.74, 6) is 0.628. The van der Waals surface area contributed by atoms with Crippen LogP contribution in [0.2, 0.25) is 0 Å². The molecule has 1 fully saturated rings. The van der Waals surface area contributed by atoms with E-state index in [0.717, 1.165) is 35.9 Å². The Balaban J connectivity index is 1.63. The summed E-state index contributed by atoms with van der Waals surface area (Å²) < 4.78 is 13.1. The Morgan fingerprint density at radius 3 is 2.52 bits per heavy atom. The van der Waals surface area contributed by atoms with Crippen LogP contribution in [-0.2, 0) is 17.9 Å². The molecule has 2 aromatic rings. The van der Waals surface area contributed by atoms with Gasteiger partial charge in [-0.1, -0.05) is 24.3 Å². The van der Waals surface area contributed by atoms with Crippen LogP contribution in [0.5, 0.6) is 0 Å². The van der Waals surface area contributed by atoms with Crippen LogP contribution in [0.25, 0.3) is 0 Å². The third kappa shape index (κ3) is 5.94. The highest BCUT2D eigenvalue weighted by molar-refractivity contribution is 5.82. The molecule has 2 N–H and O–H groups in total. The lowest BCUT2D eigenvalue weighted by Gasteiger charge is -2.28. The number of carbonyl (C=O) groups excluding carboxylic acids is 1. The second-order valence-electron chi connectivity index (χ2n) is 7.09. The maximum atomic E-state index is 13.1. The lowest BCUT2D eigenvalue weighted by Crippen LogP contribution is -2.47. The van der Waals surface area contributed by atoms with Crippen molar-refractivity contribution in [3.8, 4) is 0 Å². The number of hydrogen-bond acceptors (Lipinski definition) is 3. The SMILES string of the molecule is CCNC(=NCc1ccc(N2CCNC(=O)C2)cc1)N(C)Cc1ccc(F)cc1. The minimum atomic E-state index is -0.231. The summed E-state index contributed by atoms with van der Waals surface area (Å²) in [7, 11) is 1.97. The van der Waals surface area contributed by atoms with E-state index in [4.69, 9.17) is 4.99 Å². The minimum absolute atomic E-state index is 0.0596. The van der Waals surface area contributed by atoms with Crippen LogP contribution in [0.15, 0.2) is 53.5 Å². The van der Waals surface area contributed by atoms with Crippen molar-refractivity contribution in [1.82, 2.24) is 15.5 Å². The molecule has 0 unspecified atom stereocenters. The first-order valence-corrected chi connectivity index (χ1v) is 9.89. The monoisotopic (exact) mass is 397 g/mol. The van der Waals surface area contributed by atoms with E-state index in [9.17, 15) is 9.18 Å². The van der Waals surface area contributed by atoms with Crippen LogP contribution in [-0.4, -0.2) is 50.0 Å². The normalized spacial score (nSPS) is 14.5. The minimum Gasteiger partial charge on any atom is -0.360 e. The molecule has 0 atom stereocenters. The molecule has 7 heteroatoms. The summed E-state index contributed by atoms with van der Waals surface area (Å²) in [4.78, 5) is 20.4. The Morgan fingerprint density at radius 2 is 1.86 bits per heavy atom. The van der Waals surface area contributed by atoms with E-state index >= 15 is 0 Å². The van der Waals surface area contributed by atoms with Crippen molar-refractivity contribution in [2.45, 2.75) is 20.0 Å². The standard InChI is InChI=1S/C22H28FN5O/c1-3-24-22(27(2)15-18-4-8-19(23)9-5-18)26-14-17-6-10-20(11-7-17)28-13-12-25-21(29)16-28/h4-11H,3,12-16H2,1-2H3,(H,24,26)(H,25,29). The molecule has 29 heavy (non-hydrogen) atoms. The molecular weight excluding hydrogens is 369 g/mol. The van der Waals surface area contributed by atoms with Gasteiger partial charge >= 0.3 is 0 Å². The van der Waals surface area contributed by atoms with Gasteiger partial charge in [0.15, 0.2) is 5.96 Å². The van der Waals surface area contributed by atoms with E-state index in [0.29, 0.717) is 26.2 Å². The van der Waals surface area contributed by atoms with Crippen LogP contribution in [0.1, 0.15) is 18.1 Å². The molecule has 3 rings (SSSR count). The van der Waals surface area contributed by atoms with Crippen molar-refractivity contribution in [3.05, 3.63) is 65.5 Å². The number of amides is 1. The number of carbonyl (C=O) groups is 1. The molecule has 2 aromatic carbocycles. The van der Waals surface area contributed by atoms with Gasteiger partial charge in [-0.3, -0.25) is 4.79 Å². The average Bonchev–Trinajstić information content (AvgIpc) is 2.73. The fraction of sp³-hybridized carbons (Fsp3) is 0.364. The summed E-state index contributed by atoms with van der Waals surface area (Å²) >= 11 is 0. The first-order valence-electron chi connectivity index (χ1n) is 9.89.